The summed E-state index contributed by atoms with van der Waals surface area (Å²) in [5.74, 6) is 0.163. The summed E-state index contributed by atoms with van der Waals surface area (Å²) < 4.78 is 30.1. The molecule has 0 unspecified atom stereocenters. The van der Waals surface area contributed by atoms with Gasteiger partial charge in [-0.15, -0.1) is 0 Å². The zero-order chi connectivity index (χ0) is 11.3. The normalized spacial score (nSPS) is 11.5. The summed E-state index contributed by atoms with van der Waals surface area (Å²) in [6.07, 6.45) is -1.47. The molecule has 0 spiro atoms. The van der Waals surface area contributed by atoms with Gasteiger partial charge in [0.05, 0.1) is 6.54 Å². The van der Waals surface area contributed by atoms with Crippen LogP contribution in [-0.4, -0.2) is 12.7 Å². The second-order valence-corrected chi connectivity index (χ2v) is 3.34. The van der Waals surface area contributed by atoms with Gasteiger partial charge in [0.15, 0.2) is 0 Å². The van der Waals surface area contributed by atoms with E-state index in [0.29, 0.717) is 0 Å². The molecule has 1 aromatic rings. The highest BCUT2D eigenvalue weighted by molar-refractivity contribution is 5.28. The number of aryl methyl sites for hydroxylation is 1. The van der Waals surface area contributed by atoms with Crippen LogP contribution in [0.4, 0.5) is 8.78 Å². The Bertz CT molecular complexity index is 315. The van der Waals surface area contributed by atoms with E-state index in [0.717, 1.165) is 18.4 Å². The molecule has 0 aliphatic rings. The third kappa shape index (κ3) is 3.83. The lowest BCUT2D eigenvalue weighted by Crippen LogP contribution is -2.34. The van der Waals surface area contributed by atoms with Gasteiger partial charge in [-0.25, -0.2) is 0 Å². The van der Waals surface area contributed by atoms with Crippen molar-refractivity contribution in [2.45, 2.75) is 25.9 Å². The Morgan fingerprint density at radius 1 is 1.40 bits per heavy atom. The number of rotatable bonds is 5. The monoisotopic (exact) mass is 215 g/mol. The van der Waals surface area contributed by atoms with Crippen LogP contribution in [0.15, 0.2) is 24.3 Å². The Balaban J connectivity index is 2.73. The molecule has 15 heavy (non-hydrogen) atoms. The fourth-order valence-electron chi connectivity index (χ4n) is 1.27. The summed E-state index contributed by atoms with van der Waals surface area (Å²) in [6, 6.07) is 6.71. The van der Waals surface area contributed by atoms with Gasteiger partial charge < -0.3 is 10.5 Å². The number of hydrogen-bond donors (Lipinski definition) is 1. The molecule has 2 nitrogen and oxygen atoms in total. The molecule has 0 fully saturated rings. The van der Waals surface area contributed by atoms with Crippen molar-refractivity contribution in [3.63, 3.8) is 0 Å². The minimum atomic E-state index is -3.29. The number of ether oxygens (including phenoxy) is 1. The summed E-state index contributed by atoms with van der Waals surface area (Å²) >= 11 is 0. The van der Waals surface area contributed by atoms with E-state index < -0.39 is 12.7 Å². The van der Waals surface area contributed by atoms with Gasteiger partial charge >= 0.3 is 6.11 Å². The zero-order valence-electron chi connectivity index (χ0n) is 8.67. The van der Waals surface area contributed by atoms with Crippen LogP contribution in [0.5, 0.6) is 5.75 Å². The molecular weight excluding hydrogens is 200 g/mol. The predicted molar refractivity (Wildman–Crippen MR) is 55.1 cm³/mol. The van der Waals surface area contributed by atoms with Crippen LogP contribution in [0, 0.1) is 0 Å². The fourth-order valence-corrected chi connectivity index (χ4v) is 1.27. The molecule has 0 amide bonds. The van der Waals surface area contributed by atoms with Gasteiger partial charge in [-0.1, -0.05) is 25.5 Å². The molecule has 0 radical (unpaired) electrons. The summed E-state index contributed by atoms with van der Waals surface area (Å²) in [4.78, 5) is 0. The quantitative estimate of drug-likeness (QED) is 0.819. The van der Waals surface area contributed by atoms with Crippen LogP contribution >= 0.6 is 0 Å². The summed E-state index contributed by atoms with van der Waals surface area (Å²) in [5.41, 5.74) is 5.86. The zero-order valence-corrected chi connectivity index (χ0v) is 8.67. The van der Waals surface area contributed by atoms with Crippen molar-refractivity contribution in [3.8, 4) is 5.75 Å². The average molecular weight is 215 g/mol. The third-order valence-electron chi connectivity index (χ3n) is 1.94. The number of hydrogen-bond acceptors (Lipinski definition) is 2. The molecule has 1 aromatic carbocycles. The molecule has 2 N–H and O–H groups in total. The molecule has 0 saturated carbocycles. The van der Waals surface area contributed by atoms with Gasteiger partial charge in [-0.05, 0) is 24.1 Å². The molecule has 0 aromatic heterocycles. The third-order valence-corrected chi connectivity index (χ3v) is 1.94. The Hall–Kier alpha value is -1.16. The first-order valence-electron chi connectivity index (χ1n) is 4.93. The lowest BCUT2D eigenvalue weighted by atomic mass is 10.1. The van der Waals surface area contributed by atoms with Crippen molar-refractivity contribution in [3.05, 3.63) is 29.8 Å². The molecule has 0 bridgehead atoms. The highest BCUT2D eigenvalue weighted by Gasteiger charge is 2.29. The van der Waals surface area contributed by atoms with Crippen LogP contribution in [0.1, 0.15) is 18.9 Å². The van der Waals surface area contributed by atoms with E-state index in [9.17, 15) is 8.78 Å². The van der Waals surface area contributed by atoms with Crippen molar-refractivity contribution in [2.24, 2.45) is 5.73 Å². The first-order valence-corrected chi connectivity index (χ1v) is 4.93. The Kier molecular flexibility index (Phi) is 4.03. The van der Waals surface area contributed by atoms with E-state index in [4.69, 9.17) is 5.73 Å². The molecule has 0 aliphatic carbocycles. The molecule has 0 heterocycles. The molecule has 1 rings (SSSR count). The van der Waals surface area contributed by atoms with Crippen LogP contribution in [0.25, 0.3) is 0 Å². The van der Waals surface area contributed by atoms with Gasteiger partial charge in [0.25, 0.3) is 0 Å². The highest BCUT2D eigenvalue weighted by atomic mass is 19.3. The summed E-state index contributed by atoms with van der Waals surface area (Å²) in [7, 11) is 0. The van der Waals surface area contributed by atoms with Crippen LogP contribution < -0.4 is 10.5 Å². The van der Waals surface area contributed by atoms with E-state index >= 15 is 0 Å². The molecule has 4 heteroatoms. The maximum atomic E-state index is 12.8. The summed E-state index contributed by atoms with van der Waals surface area (Å²) in [6.45, 7) is 1.22. The number of alkyl halides is 2. The molecule has 0 atom stereocenters. The topological polar surface area (TPSA) is 35.2 Å². The van der Waals surface area contributed by atoms with Crippen LogP contribution in [-0.2, 0) is 6.42 Å². The Morgan fingerprint density at radius 3 is 2.73 bits per heavy atom. The van der Waals surface area contributed by atoms with E-state index in [1.54, 1.807) is 12.1 Å². The van der Waals surface area contributed by atoms with E-state index in [1.807, 2.05) is 13.0 Å². The second kappa shape index (κ2) is 5.07. The van der Waals surface area contributed by atoms with E-state index in [1.165, 1.54) is 6.07 Å². The smallest absolute Gasteiger partial charge is 0.410 e. The van der Waals surface area contributed by atoms with Gasteiger partial charge in [-0.3, -0.25) is 0 Å². The maximum Gasteiger partial charge on any atom is 0.410 e. The van der Waals surface area contributed by atoms with Gasteiger partial charge in [-0.2, -0.15) is 8.78 Å². The second-order valence-electron chi connectivity index (χ2n) is 3.34. The minimum Gasteiger partial charge on any atom is -0.432 e. The van der Waals surface area contributed by atoms with E-state index in [2.05, 4.69) is 4.74 Å². The maximum absolute atomic E-state index is 12.8. The molecule has 0 saturated heterocycles. The largest absolute Gasteiger partial charge is 0.432 e. The van der Waals surface area contributed by atoms with Crippen molar-refractivity contribution in [2.75, 3.05) is 6.54 Å². The Morgan fingerprint density at radius 2 is 2.13 bits per heavy atom. The highest BCUT2D eigenvalue weighted by Crippen LogP contribution is 2.22. The van der Waals surface area contributed by atoms with Gasteiger partial charge in [0.2, 0.25) is 0 Å². The van der Waals surface area contributed by atoms with Crippen LogP contribution in [0.2, 0.25) is 0 Å². The lowest BCUT2D eigenvalue weighted by Gasteiger charge is -2.16. The van der Waals surface area contributed by atoms with E-state index in [-0.39, 0.29) is 5.75 Å². The standard InChI is InChI=1S/C11H15F2NO/c1-2-4-9-5-3-6-10(7-9)15-11(12,13)8-14/h3,5-7H,2,4,8,14H2,1H3. The number of nitrogens with two attached hydrogens (primary N) is 1. The first-order chi connectivity index (χ1) is 7.07. The fraction of sp³-hybridized carbons (Fsp3) is 0.455. The number of benzene rings is 1. The predicted octanol–water partition coefficient (Wildman–Crippen LogP) is 2.57. The van der Waals surface area contributed by atoms with Crippen molar-refractivity contribution in [1.82, 2.24) is 0 Å². The van der Waals surface area contributed by atoms with Crippen molar-refractivity contribution < 1.29 is 13.5 Å². The van der Waals surface area contributed by atoms with Gasteiger partial charge in [0, 0.05) is 0 Å². The van der Waals surface area contributed by atoms with Crippen LogP contribution in [0.3, 0.4) is 0 Å². The molecule has 84 valence electrons. The molecular formula is C11H15F2NO. The molecule has 0 aliphatic heterocycles. The lowest BCUT2D eigenvalue weighted by molar-refractivity contribution is -0.166. The Labute approximate surface area is 88.0 Å². The minimum absolute atomic E-state index is 0.163. The first kappa shape index (κ1) is 11.9. The summed E-state index contributed by atoms with van der Waals surface area (Å²) in [5, 5.41) is 0. The van der Waals surface area contributed by atoms with Gasteiger partial charge in [0.1, 0.15) is 5.75 Å². The van der Waals surface area contributed by atoms with Crippen molar-refractivity contribution in [1.29, 1.82) is 0 Å². The number of halogens is 2. The average Bonchev–Trinajstić information content (AvgIpc) is 2.18. The SMILES string of the molecule is CCCc1cccc(OC(F)(F)CN)c1. The van der Waals surface area contributed by atoms with Crippen molar-refractivity contribution >= 4 is 0 Å².